The van der Waals surface area contributed by atoms with Crippen molar-refractivity contribution in [3.05, 3.63) is 42.7 Å². The molecule has 0 spiro atoms. The Hall–Kier alpha value is -2.39. The summed E-state index contributed by atoms with van der Waals surface area (Å²) >= 11 is 0. The Labute approximate surface area is 153 Å². The predicted molar refractivity (Wildman–Crippen MR) is 100 cm³/mol. The minimum absolute atomic E-state index is 0.00587. The quantitative estimate of drug-likeness (QED) is 0.705. The Balaban J connectivity index is 1.76. The SMILES string of the molecule is CCS(=O)(=O)Nc1ccc(NC(=O)C2(n3cccn3)CCNCC2)cc1. The van der Waals surface area contributed by atoms with Crippen LogP contribution in [0.25, 0.3) is 0 Å². The van der Waals surface area contributed by atoms with E-state index in [4.69, 9.17) is 0 Å². The number of carbonyl (C=O) groups is 1. The first-order valence-corrected chi connectivity index (χ1v) is 10.2. The second kappa shape index (κ2) is 7.46. The summed E-state index contributed by atoms with van der Waals surface area (Å²) in [6.45, 7) is 3.06. The maximum Gasteiger partial charge on any atom is 0.252 e. The van der Waals surface area contributed by atoms with Gasteiger partial charge < -0.3 is 10.6 Å². The molecule has 1 amide bonds. The van der Waals surface area contributed by atoms with E-state index in [0.29, 0.717) is 24.2 Å². The van der Waals surface area contributed by atoms with Gasteiger partial charge in [-0.1, -0.05) is 0 Å². The van der Waals surface area contributed by atoms with Crippen LogP contribution >= 0.6 is 0 Å². The second-order valence-corrected chi connectivity index (χ2v) is 8.28. The summed E-state index contributed by atoms with van der Waals surface area (Å²) in [6.07, 6.45) is 4.78. The van der Waals surface area contributed by atoms with Crippen LogP contribution in [0.3, 0.4) is 0 Å². The van der Waals surface area contributed by atoms with Gasteiger partial charge in [-0.15, -0.1) is 0 Å². The first-order chi connectivity index (χ1) is 12.5. The molecule has 2 aromatic rings. The standard InChI is InChI=1S/C17H23N5O3S/c1-2-26(24,25)21-15-6-4-14(5-7-15)20-16(23)17(8-11-18-12-9-17)22-13-3-10-19-22/h3-7,10,13,18,21H,2,8-9,11-12H2,1H3,(H,20,23). The number of anilines is 2. The van der Waals surface area contributed by atoms with Crippen molar-refractivity contribution in [2.24, 2.45) is 0 Å². The molecule has 1 aromatic heterocycles. The molecule has 3 N–H and O–H groups in total. The van der Waals surface area contributed by atoms with Gasteiger partial charge in [0.2, 0.25) is 10.0 Å². The fourth-order valence-electron chi connectivity index (χ4n) is 3.04. The number of hydrogen-bond acceptors (Lipinski definition) is 5. The van der Waals surface area contributed by atoms with Crippen LogP contribution in [0.1, 0.15) is 19.8 Å². The van der Waals surface area contributed by atoms with E-state index in [1.807, 2.05) is 12.3 Å². The number of hydrogen-bond donors (Lipinski definition) is 3. The highest BCUT2D eigenvalue weighted by atomic mass is 32.2. The van der Waals surface area contributed by atoms with Crippen LogP contribution in [0, 0.1) is 0 Å². The van der Waals surface area contributed by atoms with Crippen molar-refractivity contribution >= 4 is 27.3 Å². The summed E-state index contributed by atoms with van der Waals surface area (Å²) in [7, 11) is -3.32. The Bertz CT molecular complexity index is 841. The van der Waals surface area contributed by atoms with Crippen LogP contribution in [0.15, 0.2) is 42.7 Å². The molecular weight excluding hydrogens is 354 g/mol. The summed E-state index contributed by atoms with van der Waals surface area (Å²) in [5.41, 5.74) is 0.352. The Morgan fingerprint density at radius 3 is 2.46 bits per heavy atom. The maximum absolute atomic E-state index is 13.0. The molecule has 8 nitrogen and oxygen atoms in total. The number of amides is 1. The number of nitrogens with zero attached hydrogens (tertiary/aromatic N) is 2. The van der Waals surface area contributed by atoms with Gasteiger partial charge >= 0.3 is 0 Å². The van der Waals surface area contributed by atoms with E-state index in [0.717, 1.165) is 13.1 Å². The molecule has 0 atom stereocenters. The van der Waals surface area contributed by atoms with Crippen molar-refractivity contribution in [2.75, 3.05) is 28.9 Å². The third-order valence-corrected chi connectivity index (χ3v) is 5.90. The Kier molecular flexibility index (Phi) is 5.28. The zero-order chi connectivity index (χ0) is 18.6. The molecule has 0 unspecified atom stereocenters. The zero-order valence-electron chi connectivity index (χ0n) is 14.6. The number of sulfonamides is 1. The van der Waals surface area contributed by atoms with Gasteiger partial charge in [0, 0.05) is 23.8 Å². The Morgan fingerprint density at radius 2 is 1.88 bits per heavy atom. The van der Waals surface area contributed by atoms with Crippen LogP contribution in [0.4, 0.5) is 11.4 Å². The van der Waals surface area contributed by atoms with E-state index >= 15 is 0 Å². The minimum atomic E-state index is -3.32. The normalized spacial score (nSPS) is 16.8. The molecule has 140 valence electrons. The summed E-state index contributed by atoms with van der Waals surface area (Å²) < 4.78 is 27.4. The second-order valence-electron chi connectivity index (χ2n) is 6.27. The lowest BCUT2D eigenvalue weighted by molar-refractivity contribution is -0.126. The molecular formula is C17H23N5O3S. The van der Waals surface area contributed by atoms with E-state index in [9.17, 15) is 13.2 Å². The van der Waals surface area contributed by atoms with Gasteiger partial charge in [-0.2, -0.15) is 5.10 Å². The molecule has 9 heteroatoms. The van der Waals surface area contributed by atoms with Gasteiger partial charge in [-0.05, 0) is 63.2 Å². The first-order valence-electron chi connectivity index (χ1n) is 8.58. The van der Waals surface area contributed by atoms with Gasteiger partial charge in [-0.25, -0.2) is 8.42 Å². The van der Waals surface area contributed by atoms with Gasteiger partial charge in [-0.3, -0.25) is 14.2 Å². The van der Waals surface area contributed by atoms with Crippen molar-refractivity contribution in [1.29, 1.82) is 0 Å². The van der Waals surface area contributed by atoms with Crippen molar-refractivity contribution in [3.63, 3.8) is 0 Å². The summed E-state index contributed by atoms with van der Waals surface area (Å²) in [5, 5.41) is 10.5. The third-order valence-electron chi connectivity index (χ3n) is 4.59. The van der Waals surface area contributed by atoms with Crippen molar-refractivity contribution in [1.82, 2.24) is 15.1 Å². The summed E-state index contributed by atoms with van der Waals surface area (Å²) in [4.78, 5) is 13.0. The van der Waals surface area contributed by atoms with Crippen molar-refractivity contribution in [2.45, 2.75) is 25.3 Å². The number of carbonyl (C=O) groups excluding carboxylic acids is 1. The van der Waals surface area contributed by atoms with Crippen LogP contribution in [-0.4, -0.2) is 42.9 Å². The average molecular weight is 377 g/mol. The van der Waals surface area contributed by atoms with Gasteiger partial charge in [0.05, 0.1) is 5.75 Å². The molecule has 2 heterocycles. The number of piperidine rings is 1. The number of aromatic nitrogens is 2. The molecule has 26 heavy (non-hydrogen) atoms. The fraction of sp³-hybridized carbons (Fsp3) is 0.412. The van der Waals surface area contributed by atoms with E-state index in [1.54, 1.807) is 42.1 Å². The van der Waals surface area contributed by atoms with Crippen molar-refractivity contribution in [3.8, 4) is 0 Å². The zero-order valence-corrected chi connectivity index (χ0v) is 15.4. The van der Waals surface area contributed by atoms with E-state index in [2.05, 4.69) is 20.5 Å². The average Bonchev–Trinajstić information content (AvgIpc) is 3.19. The highest BCUT2D eigenvalue weighted by Crippen LogP contribution is 2.29. The Morgan fingerprint density at radius 1 is 1.23 bits per heavy atom. The van der Waals surface area contributed by atoms with Crippen LogP contribution in [-0.2, 0) is 20.4 Å². The summed E-state index contributed by atoms with van der Waals surface area (Å²) in [5.74, 6) is -0.115. The van der Waals surface area contributed by atoms with E-state index in [1.165, 1.54) is 0 Å². The third kappa shape index (κ3) is 3.88. The largest absolute Gasteiger partial charge is 0.324 e. The molecule has 1 aromatic carbocycles. The van der Waals surface area contributed by atoms with E-state index in [-0.39, 0.29) is 11.7 Å². The number of benzene rings is 1. The molecule has 1 aliphatic heterocycles. The molecule has 0 aliphatic carbocycles. The molecule has 0 radical (unpaired) electrons. The van der Waals surface area contributed by atoms with Crippen LogP contribution < -0.4 is 15.4 Å². The minimum Gasteiger partial charge on any atom is -0.324 e. The molecule has 0 saturated carbocycles. The highest BCUT2D eigenvalue weighted by molar-refractivity contribution is 7.92. The number of rotatable bonds is 6. The smallest absolute Gasteiger partial charge is 0.252 e. The molecule has 1 fully saturated rings. The lowest BCUT2D eigenvalue weighted by Gasteiger charge is -2.36. The lowest BCUT2D eigenvalue weighted by Crippen LogP contribution is -2.52. The molecule has 1 aliphatic rings. The molecule has 3 rings (SSSR count). The van der Waals surface area contributed by atoms with Gasteiger partial charge in [0.15, 0.2) is 0 Å². The topological polar surface area (TPSA) is 105 Å². The monoisotopic (exact) mass is 377 g/mol. The number of nitrogens with one attached hydrogen (secondary N) is 3. The van der Waals surface area contributed by atoms with Crippen LogP contribution in [0.5, 0.6) is 0 Å². The van der Waals surface area contributed by atoms with Gasteiger partial charge in [0.25, 0.3) is 5.91 Å². The predicted octanol–water partition coefficient (Wildman–Crippen LogP) is 1.36. The van der Waals surface area contributed by atoms with Crippen LogP contribution in [0.2, 0.25) is 0 Å². The molecule has 1 saturated heterocycles. The highest BCUT2D eigenvalue weighted by Gasteiger charge is 2.42. The first kappa shape index (κ1) is 18.4. The maximum atomic E-state index is 13.0. The fourth-order valence-corrected chi connectivity index (χ4v) is 3.68. The lowest BCUT2D eigenvalue weighted by atomic mass is 9.87. The van der Waals surface area contributed by atoms with E-state index < -0.39 is 15.6 Å². The summed E-state index contributed by atoms with van der Waals surface area (Å²) in [6, 6.07) is 8.44. The van der Waals surface area contributed by atoms with Gasteiger partial charge in [0.1, 0.15) is 5.54 Å². The van der Waals surface area contributed by atoms with Crippen molar-refractivity contribution < 1.29 is 13.2 Å². The molecule has 0 bridgehead atoms.